The highest BCUT2D eigenvalue weighted by molar-refractivity contribution is 7.90. The fraction of sp³-hybridized carbons (Fsp3) is 0.212. The van der Waals surface area contributed by atoms with Gasteiger partial charge in [-0.1, -0.05) is 42.5 Å². The van der Waals surface area contributed by atoms with Crippen molar-refractivity contribution in [1.29, 1.82) is 0 Å². The Morgan fingerprint density at radius 2 is 1.66 bits per heavy atom. The summed E-state index contributed by atoms with van der Waals surface area (Å²) in [5.41, 5.74) is 14.4. The van der Waals surface area contributed by atoms with Crippen molar-refractivity contribution in [1.82, 2.24) is 14.3 Å². The van der Waals surface area contributed by atoms with Crippen LogP contribution >= 0.6 is 0 Å². The van der Waals surface area contributed by atoms with E-state index >= 15 is 0 Å². The Kier molecular flexibility index (Phi) is 6.87. The van der Waals surface area contributed by atoms with Crippen LogP contribution in [0.4, 0.5) is 0 Å². The lowest BCUT2D eigenvalue weighted by atomic mass is 9.93. The molecule has 7 nitrogen and oxygen atoms in total. The number of fused-ring (bicyclic) bond motifs is 1. The topological polar surface area (TPSA) is 100.0 Å². The number of aryl methyl sites for hydroxylation is 1. The van der Waals surface area contributed by atoms with E-state index in [1.54, 1.807) is 22.9 Å². The molecular weight excluding hydrogens is 532 g/mol. The number of rotatable bonds is 7. The molecule has 2 N–H and O–H groups in total. The fourth-order valence-corrected chi connectivity index (χ4v) is 6.27. The van der Waals surface area contributed by atoms with Crippen molar-refractivity contribution >= 4 is 32.2 Å². The minimum Gasteiger partial charge on any atom is -0.364 e. The highest BCUT2D eigenvalue weighted by Crippen LogP contribution is 2.35. The van der Waals surface area contributed by atoms with Crippen molar-refractivity contribution < 1.29 is 13.2 Å². The summed E-state index contributed by atoms with van der Waals surface area (Å²) >= 11 is 0. The summed E-state index contributed by atoms with van der Waals surface area (Å²) in [7, 11) is -3.22. The Bertz CT molecular complexity index is 1910. The molecule has 41 heavy (non-hydrogen) atoms. The van der Waals surface area contributed by atoms with E-state index in [0.717, 1.165) is 46.3 Å². The van der Waals surface area contributed by atoms with E-state index in [1.807, 2.05) is 25.1 Å². The lowest BCUT2D eigenvalue weighted by Crippen LogP contribution is -2.12. The van der Waals surface area contributed by atoms with Gasteiger partial charge in [0.15, 0.2) is 15.5 Å². The van der Waals surface area contributed by atoms with E-state index in [1.165, 1.54) is 35.8 Å². The maximum absolute atomic E-state index is 11.8. The Labute approximate surface area is 239 Å². The maximum Gasteiger partial charge on any atom is 0.269 e. The fourth-order valence-electron chi connectivity index (χ4n) is 5.64. The van der Waals surface area contributed by atoms with Crippen LogP contribution in [0.5, 0.6) is 0 Å². The first kappa shape index (κ1) is 26.8. The van der Waals surface area contributed by atoms with Crippen molar-refractivity contribution in [3.8, 4) is 16.8 Å². The molecule has 0 saturated heterocycles. The number of nitrogens with two attached hydrogens (primary N) is 1. The first-order chi connectivity index (χ1) is 19.7. The zero-order valence-electron chi connectivity index (χ0n) is 23.2. The molecule has 6 rings (SSSR count). The number of benzene rings is 3. The molecule has 0 radical (unpaired) electrons. The van der Waals surface area contributed by atoms with Crippen molar-refractivity contribution in [2.75, 3.05) is 6.26 Å². The summed E-state index contributed by atoms with van der Waals surface area (Å²) in [5.74, 6) is -0.538. The van der Waals surface area contributed by atoms with Crippen molar-refractivity contribution in [3.63, 3.8) is 0 Å². The number of amides is 1. The van der Waals surface area contributed by atoms with Crippen LogP contribution in [0.2, 0.25) is 0 Å². The molecule has 3 aromatic carbocycles. The Morgan fingerprint density at radius 1 is 0.951 bits per heavy atom. The van der Waals surface area contributed by atoms with Crippen LogP contribution in [0.15, 0.2) is 90.0 Å². The van der Waals surface area contributed by atoms with Crippen LogP contribution in [0.1, 0.15) is 53.0 Å². The molecule has 0 aliphatic heterocycles. The summed E-state index contributed by atoms with van der Waals surface area (Å²) in [6.07, 6.45) is 10.4. The van der Waals surface area contributed by atoms with Gasteiger partial charge in [-0.05, 0) is 91.3 Å². The third kappa shape index (κ3) is 5.35. The molecule has 2 heterocycles. The number of carbonyl (C=O) groups is 1. The van der Waals surface area contributed by atoms with Crippen molar-refractivity contribution in [2.24, 2.45) is 5.73 Å². The van der Waals surface area contributed by atoms with Crippen molar-refractivity contribution in [3.05, 3.63) is 108 Å². The standard InChI is InChI=1S/C33H32N4O3S/c1-22-18-31(33(34)38)35-37(22)27-14-17-32-29(19-27)30(26-6-4-3-5-7-26)21-36(32)20-23-8-10-24(11-9-23)25-12-15-28(16-13-25)41(2,39)40/h6,8-19,21H,3-5,7,20H2,1-2H3,(H2,34,38). The Hall–Kier alpha value is -4.43. The Balaban J connectivity index is 1.35. The van der Waals surface area contributed by atoms with Gasteiger partial charge in [-0.25, -0.2) is 13.1 Å². The van der Waals surface area contributed by atoms with E-state index in [4.69, 9.17) is 5.73 Å². The number of primary amides is 1. The second-order valence-corrected chi connectivity index (χ2v) is 12.8. The molecule has 208 valence electrons. The van der Waals surface area contributed by atoms with Crippen LogP contribution < -0.4 is 5.73 Å². The average Bonchev–Trinajstić information content (AvgIpc) is 3.54. The zero-order chi connectivity index (χ0) is 28.7. The highest BCUT2D eigenvalue weighted by Gasteiger charge is 2.17. The van der Waals surface area contributed by atoms with Crippen LogP contribution in [-0.2, 0) is 16.4 Å². The molecule has 8 heteroatoms. The van der Waals surface area contributed by atoms with Gasteiger partial charge in [-0.15, -0.1) is 0 Å². The highest BCUT2D eigenvalue weighted by atomic mass is 32.2. The van der Waals surface area contributed by atoms with Crippen LogP contribution in [0.3, 0.4) is 0 Å². The van der Waals surface area contributed by atoms with Gasteiger partial charge in [0.2, 0.25) is 0 Å². The predicted molar refractivity (Wildman–Crippen MR) is 163 cm³/mol. The third-order valence-electron chi connectivity index (χ3n) is 7.81. The van der Waals surface area contributed by atoms with Crippen molar-refractivity contribution in [2.45, 2.75) is 44.0 Å². The van der Waals surface area contributed by atoms with E-state index < -0.39 is 15.7 Å². The first-order valence-corrected chi connectivity index (χ1v) is 15.6. The monoisotopic (exact) mass is 564 g/mol. The quantitative estimate of drug-likeness (QED) is 0.250. The maximum atomic E-state index is 11.8. The first-order valence-electron chi connectivity index (χ1n) is 13.8. The van der Waals surface area contributed by atoms with Crippen LogP contribution in [0.25, 0.3) is 33.3 Å². The summed E-state index contributed by atoms with van der Waals surface area (Å²) in [4.78, 5) is 12.0. The second-order valence-electron chi connectivity index (χ2n) is 10.8. The van der Waals surface area contributed by atoms with E-state index in [0.29, 0.717) is 11.4 Å². The molecular formula is C33H32N4O3S. The number of nitrogens with zero attached hydrogens (tertiary/aromatic N) is 3. The van der Waals surface area contributed by atoms with E-state index in [9.17, 15) is 13.2 Å². The molecule has 5 aromatic rings. The van der Waals surface area contributed by atoms with E-state index in [2.05, 4.69) is 58.3 Å². The second kappa shape index (κ2) is 10.5. The SMILES string of the molecule is Cc1cc(C(N)=O)nn1-c1ccc2c(c1)c(C1=CCCCC1)cn2Cc1ccc(-c2ccc(S(C)(=O)=O)cc2)cc1. The molecule has 0 unspecified atom stereocenters. The molecule has 0 atom stereocenters. The molecule has 1 aliphatic rings. The minimum absolute atomic E-state index is 0.255. The summed E-state index contributed by atoms with van der Waals surface area (Å²) in [6, 6.07) is 23.4. The van der Waals surface area contributed by atoms with Gasteiger partial charge in [0, 0.05) is 41.2 Å². The zero-order valence-corrected chi connectivity index (χ0v) is 24.0. The van der Waals surface area contributed by atoms with Gasteiger partial charge in [0.1, 0.15) is 0 Å². The van der Waals surface area contributed by atoms with Crippen LogP contribution in [0, 0.1) is 6.92 Å². The number of aromatic nitrogens is 3. The normalized spacial score (nSPS) is 13.9. The number of sulfone groups is 1. The van der Waals surface area contributed by atoms with Gasteiger partial charge in [0.05, 0.1) is 10.6 Å². The van der Waals surface area contributed by atoms with Crippen LogP contribution in [-0.4, -0.2) is 34.9 Å². The lowest BCUT2D eigenvalue weighted by molar-refractivity contribution is 0.0995. The van der Waals surface area contributed by atoms with Gasteiger partial charge in [0.25, 0.3) is 5.91 Å². The molecule has 0 spiro atoms. The minimum atomic E-state index is -3.22. The Morgan fingerprint density at radius 3 is 2.27 bits per heavy atom. The average molecular weight is 565 g/mol. The van der Waals surface area contributed by atoms with Gasteiger partial charge in [-0.3, -0.25) is 4.79 Å². The largest absolute Gasteiger partial charge is 0.364 e. The summed E-state index contributed by atoms with van der Waals surface area (Å²) in [6.45, 7) is 2.63. The smallest absolute Gasteiger partial charge is 0.269 e. The lowest BCUT2D eigenvalue weighted by Gasteiger charge is -2.12. The predicted octanol–water partition coefficient (Wildman–Crippen LogP) is 6.31. The molecule has 1 aliphatic carbocycles. The van der Waals surface area contributed by atoms with E-state index in [-0.39, 0.29) is 5.69 Å². The number of carbonyl (C=O) groups excluding carboxylic acids is 1. The van der Waals surface area contributed by atoms with Gasteiger partial charge >= 0.3 is 0 Å². The molecule has 2 aromatic heterocycles. The number of hydrogen-bond donors (Lipinski definition) is 1. The molecule has 0 saturated carbocycles. The molecule has 0 fully saturated rings. The summed E-state index contributed by atoms with van der Waals surface area (Å²) in [5, 5.41) is 5.60. The van der Waals surface area contributed by atoms with Gasteiger partial charge in [-0.2, -0.15) is 5.10 Å². The number of allylic oxidation sites excluding steroid dienone is 2. The number of hydrogen-bond acceptors (Lipinski definition) is 4. The molecule has 1 amide bonds. The molecule has 0 bridgehead atoms. The third-order valence-corrected chi connectivity index (χ3v) is 8.94. The van der Waals surface area contributed by atoms with Gasteiger partial charge < -0.3 is 10.3 Å². The summed E-state index contributed by atoms with van der Waals surface area (Å²) < 4.78 is 27.7.